The van der Waals surface area contributed by atoms with E-state index in [0.29, 0.717) is 40.6 Å². The van der Waals surface area contributed by atoms with Crippen LogP contribution < -0.4 is 14.3 Å². The molecule has 0 fully saturated rings. The maximum absolute atomic E-state index is 13.0. The molecule has 1 amide bonds. The number of hydrogen-bond donors (Lipinski definition) is 0. The van der Waals surface area contributed by atoms with Crippen LogP contribution in [0, 0.1) is 0 Å². The first kappa shape index (κ1) is 21.5. The maximum atomic E-state index is 13.0. The van der Waals surface area contributed by atoms with Gasteiger partial charge in [-0.25, -0.2) is 4.79 Å². The number of carbonyl (C=O) groups is 2. The smallest absolute Gasteiger partial charge is 0.337 e. The van der Waals surface area contributed by atoms with E-state index in [2.05, 4.69) is 4.99 Å². The van der Waals surface area contributed by atoms with Crippen molar-refractivity contribution in [1.29, 1.82) is 0 Å². The first-order valence-corrected chi connectivity index (χ1v) is 9.85. The van der Waals surface area contributed by atoms with Gasteiger partial charge in [0.25, 0.3) is 5.91 Å². The minimum Gasteiger partial charge on any atom is -0.497 e. The fraction of sp³-hybridized carbons (Fsp3) is 0.286. The molecule has 0 unspecified atom stereocenters. The minimum atomic E-state index is -0.461. The van der Waals surface area contributed by atoms with Gasteiger partial charge in [-0.15, -0.1) is 0 Å². The Morgan fingerprint density at radius 2 is 1.83 bits per heavy atom. The summed E-state index contributed by atoms with van der Waals surface area (Å²) < 4.78 is 23.2. The number of methoxy groups -OCH3 is 4. The van der Waals surface area contributed by atoms with Crippen LogP contribution in [0.5, 0.6) is 11.5 Å². The monoisotopic (exact) mass is 430 g/mol. The molecule has 3 rings (SSSR count). The highest BCUT2D eigenvalue weighted by Gasteiger charge is 2.16. The zero-order valence-corrected chi connectivity index (χ0v) is 17.9. The molecule has 0 atom stereocenters. The standard InChI is InChI=1S/C21H22N2O6S/c1-26-10-9-23-16-7-5-13(20(25)29-4)11-18(16)30-21(23)22-19(24)15-12-14(27-2)6-8-17(15)28-3/h5-8,11-12H,9-10H2,1-4H3. The van der Waals surface area contributed by atoms with Gasteiger partial charge in [-0.2, -0.15) is 4.99 Å². The fourth-order valence-corrected chi connectivity index (χ4v) is 4.02. The Bertz CT molecular complexity index is 1150. The van der Waals surface area contributed by atoms with Crippen molar-refractivity contribution in [2.24, 2.45) is 4.99 Å². The van der Waals surface area contributed by atoms with Gasteiger partial charge >= 0.3 is 5.97 Å². The zero-order valence-electron chi connectivity index (χ0n) is 17.1. The summed E-state index contributed by atoms with van der Waals surface area (Å²) in [6, 6.07) is 10.2. The molecule has 1 heterocycles. The second-order valence-corrected chi connectivity index (χ2v) is 7.20. The van der Waals surface area contributed by atoms with Crippen LogP contribution in [0.4, 0.5) is 0 Å². The van der Waals surface area contributed by atoms with E-state index in [1.54, 1.807) is 37.4 Å². The lowest BCUT2D eigenvalue weighted by molar-refractivity contribution is 0.0600. The third kappa shape index (κ3) is 4.37. The van der Waals surface area contributed by atoms with Gasteiger partial charge in [-0.3, -0.25) is 4.79 Å². The molecule has 0 aliphatic heterocycles. The number of benzene rings is 2. The number of thiazole rings is 1. The Kier molecular flexibility index (Phi) is 6.86. The van der Waals surface area contributed by atoms with Gasteiger partial charge < -0.3 is 23.5 Å². The van der Waals surface area contributed by atoms with Gasteiger partial charge in [-0.1, -0.05) is 11.3 Å². The van der Waals surface area contributed by atoms with Crippen LogP contribution in [0.3, 0.4) is 0 Å². The first-order chi connectivity index (χ1) is 14.5. The summed E-state index contributed by atoms with van der Waals surface area (Å²) in [6.07, 6.45) is 0. The van der Waals surface area contributed by atoms with Gasteiger partial charge in [0.15, 0.2) is 4.80 Å². The Morgan fingerprint density at radius 3 is 2.50 bits per heavy atom. The van der Waals surface area contributed by atoms with Crippen LogP contribution >= 0.6 is 11.3 Å². The van der Waals surface area contributed by atoms with Gasteiger partial charge in [0.2, 0.25) is 0 Å². The second kappa shape index (κ2) is 9.55. The van der Waals surface area contributed by atoms with Gasteiger partial charge in [0.1, 0.15) is 11.5 Å². The van der Waals surface area contributed by atoms with Gasteiger partial charge in [0.05, 0.1) is 49.3 Å². The lowest BCUT2D eigenvalue weighted by Crippen LogP contribution is -2.19. The molecule has 0 saturated carbocycles. The average molecular weight is 430 g/mol. The molecule has 0 bridgehead atoms. The lowest BCUT2D eigenvalue weighted by Gasteiger charge is -2.08. The molecular formula is C21H22N2O6S. The predicted octanol–water partition coefficient (Wildman–Crippen LogP) is 2.89. The number of aromatic nitrogens is 1. The number of ether oxygens (including phenoxy) is 4. The largest absolute Gasteiger partial charge is 0.497 e. The first-order valence-electron chi connectivity index (χ1n) is 9.04. The van der Waals surface area contributed by atoms with Crippen LogP contribution in [-0.4, -0.2) is 51.5 Å². The SMILES string of the molecule is COCCn1c(=NC(=O)c2cc(OC)ccc2OC)sc2cc(C(=O)OC)ccc21. The Labute approximate surface area is 177 Å². The fourth-order valence-electron chi connectivity index (χ4n) is 2.93. The normalized spacial score (nSPS) is 11.5. The summed E-state index contributed by atoms with van der Waals surface area (Å²) >= 11 is 1.30. The Morgan fingerprint density at radius 1 is 1.03 bits per heavy atom. The van der Waals surface area contributed by atoms with Crippen molar-refractivity contribution < 1.29 is 28.5 Å². The number of esters is 1. The molecule has 2 aromatic carbocycles. The highest BCUT2D eigenvalue weighted by Crippen LogP contribution is 2.25. The minimum absolute atomic E-state index is 0.294. The number of amides is 1. The summed E-state index contributed by atoms with van der Waals surface area (Å²) in [4.78, 5) is 29.7. The van der Waals surface area contributed by atoms with E-state index >= 15 is 0 Å². The van der Waals surface area contributed by atoms with Gasteiger partial charge in [0, 0.05) is 13.7 Å². The average Bonchev–Trinajstić information content (AvgIpc) is 3.12. The van der Waals surface area contributed by atoms with Crippen LogP contribution in [0.15, 0.2) is 41.4 Å². The van der Waals surface area contributed by atoms with Crippen molar-refractivity contribution in [2.75, 3.05) is 35.0 Å². The summed E-state index contributed by atoms with van der Waals surface area (Å²) in [5.74, 6) is 0.0452. The lowest BCUT2D eigenvalue weighted by atomic mass is 10.2. The van der Waals surface area contributed by atoms with Crippen molar-refractivity contribution in [2.45, 2.75) is 6.54 Å². The summed E-state index contributed by atoms with van der Waals surface area (Å²) in [7, 11) is 5.95. The van der Waals surface area contributed by atoms with Crippen molar-refractivity contribution >= 4 is 33.4 Å². The molecular weight excluding hydrogens is 408 g/mol. The molecule has 0 saturated heterocycles. The third-order valence-electron chi connectivity index (χ3n) is 4.46. The van der Waals surface area contributed by atoms with Crippen LogP contribution in [-0.2, 0) is 16.0 Å². The third-order valence-corrected chi connectivity index (χ3v) is 5.50. The second-order valence-electron chi connectivity index (χ2n) is 6.19. The Balaban J connectivity index is 2.14. The molecule has 0 aliphatic carbocycles. The van der Waals surface area contributed by atoms with Crippen molar-refractivity contribution in [3.63, 3.8) is 0 Å². The summed E-state index contributed by atoms with van der Waals surface area (Å²) in [5, 5.41) is 0. The summed E-state index contributed by atoms with van der Waals surface area (Å²) in [5.41, 5.74) is 1.56. The van der Waals surface area contributed by atoms with Crippen molar-refractivity contribution in [3.05, 3.63) is 52.3 Å². The number of nitrogens with zero attached hydrogens (tertiary/aromatic N) is 2. The number of fused-ring (bicyclic) bond motifs is 1. The van der Waals surface area contributed by atoms with E-state index in [1.807, 2.05) is 10.6 Å². The van der Waals surface area contributed by atoms with E-state index in [0.717, 1.165) is 10.2 Å². The summed E-state index contributed by atoms with van der Waals surface area (Å²) in [6.45, 7) is 0.934. The highest BCUT2D eigenvalue weighted by molar-refractivity contribution is 7.16. The van der Waals surface area contributed by atoms with Crippen molar-refractivity contribution in [1.82, 2.24) is 4.57 Å². The number of hydrogen-bond acceptors (Lipinski definition) is 7. The van der Waals surface area contributed by atoms with E-state index in [1.165, 1.54) is 32.7 Å². The van der Waals surface area contributed by atoms with Crippen LogP contribution in [0.2, 0.25) is 0 Å². The van der Waals surface area contributed by atoms with E-state index in [9.17, 15) is 9.59 Å². The van der Waals surface area contributed by atoms with E-state index in [-0.39, 0.29) is 0 Å². The van der Waals surface area contributed by atoms with E-state index in [4.69, 9.17) is 18.9 Å². The highest BCUT2D eigenvalue weighted by atomic mass is 32.1. The molecule has 0 N–H and O–H groups in total. The van der Waals surface area contributed by atoms with Crippen molar-refractivity contribution in [3.8, 4) is 11.5 Å². The molecule has 3 aromatic rings. The molecule has 158 valence electrons. The quantitative estimate of drug-likeness (QED) is 0.536. The van der Waals surface area contributed by atoms with E-state index < -0.39 is 11.9 Å². The number of rotatable bonds is 7. The number of carbonyl (C=O) groups excluding carboxylic acids is 2. The van der Waals surface area contributed by atoms with Gasteiger partial charge in [-0.05, 0) is 36.4 Å². The molecule has 9 heteroatoms. The Hall–Kier alpha value is -3.17. The molecule has 0 radical (unpaired) electrons. The topological polar surface area (TPSA) is 88.4 Å². The molecule has 0 aliphatic rings. The van der Waals surface area contributed by atoms with Crippen LogP contribution in [0.1, 0.15) is 20.7 Å². The maximum Gasteiger partial charge on any atom is 0.337 e. The molecule has 0 spiro atoms. The zero-order chi connectivity index (χ0) is 21.7. The van der Waals surface area contributed by atoms with Crippen LogP contribution in [0.25, 0.3) is 10.2 Å². The molecule has 8 nitrogen and oxygen atoms in total. The molecule has 1 aromatic heterocycles. The predicted molar refractivity (Wildman–Crippen MR) is 112 cm³/mol. The molecule has 30 heavy (non-hydrogen) atoms.